The number of carbonyl (C=O) groups is 2. The number of carbonyl (C=O) groups excluding carboxylic acids is 2. The molecule has 0 unspecified atom stereocenters. The minimum atomic E-state index is -4.22. The van der Waals surface area contributed by atoms with Crippen molar-refractivity contribution < 1.29 is 18.0 Å². The molecule has 1 N–H and O–H groups in total. The number of amides is 2. The molecule has 0 fully saturated rings. The molecule has 10 heteroatoms. The number of anilines is 1. The fourth-order valence-electron chi connectivity index (χ4n) is 4.44. The molecule has 0 bridgehead atoms. The van der Waals surface area contributed by atoms with Gasteiger partial charge >= 0.3 is 0 Å². The van der Waals surface area contributed by atoms with Crippen LogP contribution < -0.4 is 9.62 Å². The lowest BCUT2D eigenvalue weighted by atomic mass is 10.0. The highest BCUT2D eigenvalue weighted by Crippen LogP contribution is 2.31. The average molecular weight is 611 g/mol. The summed E-state index contributed by atoms with van der Waals surface area (Å²) < 4.78 is 28.8. The molecule has 4 aromatic rings. The summed E-state index contributed by atoms with van der Waals surface area (Å²) in [6.45, 7) is -0.574. The second kappa shape index (κ2) is 13.7. The van der Waals surface area contributed by atoms with Crippen molar-refractivity contribution in [2.24, 2.45) is 0 Å². The van der Waals surface area contributed by atoms with Gasteiger partial charge in [-0.25, -0.2) is 8.42 Å². The highest BCUT2D eigenvalue weighted by molar-refractivity contribution is 7.92. The number of para-hydroxylation sites is 1. The fraction of sp³-hybridized carbons (Fsp3) is 0.161. The summed E-state index contributed by atoms with van der Waals surface area (Å²) in [5, 5.41) is 3.29. The topological polar surface area (TPSA) is 86.8 Å². The molecule has 41 heavy (non-hydrogen) atoms. The highest BCUT2D eigenvalue weighted by Gasteiger charge is 2.34. The number of nitrogens with zero attached hydrogens (tertiary/aromatic N) is 2. The second-order valence-corrected chi connectivity index (χ2v) is 12.0. The number of nitrogens with one attached hydrogen (secondary N) is 1. The maximum absolute atomic E-state index is 14.2. The Balaban J connectivity index is 1.79. The van der Waals surface area contributed by atoms with Gasteiger partial charge in [-0.1, -0.05) is 96.0 Å². The summed E-state index contributed by atoms with van der Waals surface area (Å²) in [5.74, 6) is -0.978. The van der Waals surface area contributed by atoms with Gasteiger partial charge in [0.25, 0.3) is 10.0 Å². The summed E-state index contributed by atoms with van der Waals surface area (Å²) in [4.78, 5) is 28.9. The molecule has 2 amide bonds. The maximum Gasteiger partial charge on any atom is 0.264 e. The summed E-state index contributed by atoms with van der Waals surface area (Å²) in [6.07, 6.45) is 0.213. The Morgan fingerprint density at radius 3 is 2.05 bits per heavy atom. The van der Waals surface area contributed by atoms with Gasteiger partial charge in [-0.05, 0) is 47.5 Å². The maximum atomic E-state index is 14.2. The predicted molar refractivity (Wildman–Crippen MR) is 162 cm³/mol. The van der Waals surface area contributed by atoms with Crippen molar-refractivity contribution in [2.45, 2.75) is 23.9 Å². The van der Waals surface area contributed by atoms with Gasteiger partial charge in [-0.3, -0.25) is 13.9 Å². The van der Waals surface area contributed by atoms with Crippen molar-refractivity contribution >= 4 is 50.7 Å². The quantitative estimate of drug-likeness (QED) is 0.241. The van der Waals surface area contributed by atoms with E-state index in [-0.39, 0.29) is 34.5 Å². The first kappa shape index (κ1) is 30.1. The largest absolute Gasteiger partial charge is 0.357 e. The first-order valence-corrected chi connectivity index (χ1v) is 15.0. The van der Waals surface area contributed by atoms with Gasteiger partial charge in [0, 0.05) is 25.0 Å². The number of halogens is 2. The molecule has 0 saturated heterocycles. The van der Waals surface area contributed by atoms with Crippen LogP contribution >= 0.6 is 23.2 Å². The van der Waals surface area contributed by atoms with E-state index in [2.05, 4.69) is 5.32 Å². The molecule has 0 radical (unpaired) electrons. The van der Waals surface area contributed by atoms with Crippen LogP contribution in [-0.2, 0) is 32.6 Å². The number of sulfonamides is 1. The van der Waals surface area contributed by atoms with Crippen LogP contribution in [0.1, 0.15) is 11.1 Å². The van der Waals surface area contributed by atoms with E-state index < -0.39 is 28.5 Å². The Morgan fingerprint density at radius 2 is 1.41 bits per heavy atom. The number of hydrogen-bond donors (Lipinski definition) is 1. The zero-order valence-corrected chi connectivity index (χ0v) is 24.6. The SMILES string of the molecule is CNC(=O)[C@@H](Cc1ccccc1)N(Cc1cccc(Cl)c1)C(=O)CN(c1ccccc1Cl)S(=O)(=O)c1ccccc1. The van der Waals surface area contributed by atoms with E-state index in [9.17, 15) is 18.0 Å². The molecule has 4 aromatic carbocycles. The van der Waals surface area contributed by atoms with E-state index in [1.807, 2.05) is 30.3 Å². The van der Waals surface area contributed by atoms with Crippen LogP contribution in [0.4, 0.5) is 5.69 Å². The van der Waals surface area contributed by atoms with Gasteiger partial charge in [0.05, 0.1) is 15.6 Å². The molecule has 1 atom stereocenters. The molecular weight excluding hydrogens is 581 g/mol. The van der Waals surface area contributed by atoms with Crippen LogP contribution in [0, 0.1) is 0 Å². The normalized spacial score (nSPS) is 11.9. The van der Waals surface area contributed by atoms with E-state index in [4.69, 9.17) is 23.2 Å². The van der Waals surface area contributed by atoms with Crippen molar-refractivity contribution in [1.29, 1.82) is 0 Å². The smallest absolute Gasteiger partial charge is 0.264 e. The van der Waals surface area contributed by atoms with Crippen molar-refractivity contribution in [3.8, 4) is 0 Å². The van der Waals surface area contributed by atoms with Crippen LogP contribution in [-0.4, -0.2) is 44.8 Å². The Bertz CT molecular complexity index is 1600. The molecule has 212 valence electrons. The highest BCUT2D eigenvalue weighted by atomic mass is 35.5. The van der Waals surface area contributed by atoms with Crippen molar-refractivity contribution in [2.75, 3.05) is 17.9 Å². The molecule has 0 aliphatic carbocycles. The first-order chi connectivity index (χ1) is 19.7. The third-order valence-corrected chi connectivity index (χ3v) is 8.82. The van der Waals surface area contributed by atoms with Crippen LogP contribution in [0.25, 0.3) is 0 Å². The van der Waals surface area contributed by atoms with Crippen molar-refractivity contribution in [3.63, 3.8) is 0 Å². The lowest BCUT2D eigenvalue weighted by Gasteiger charge is -2.33. The molecule has 0 heterocycles. The zero-order valence-electron chi connectivity index (χ0n) is 22.3. The van der Waals surface area contributed by atoms with Crippen LogP contribution in [0.3, 0.4) is 0 Å². The average Bonchev–Trinajstić information content (AvgIpc) is 2.98. The summed E-state index contributed by atoms with van der Waals surface area (Å²) in [5.41, 5.74) is 1.67. The number of hydrogen-bond acceptors (Lipinski definition) is 4. The predicted octanol–water partition coefficient (Wildman–Crippen LogP) is 5.57. The third-order valence-electron chi connectivity index (χ3n) is 6.49. The Hall–Kier alpha value is -3.85. The molecule has 0 saturated carbocycles. The molecule has 0 aliphatic heterocycles. The second-order valence-electron chi connectivity index (χ2n) is 9.25. The fourth-order valence-corrected chi connectivity index (χ4v) is 6.39. The van der Waals surface area contributed by atoms with Gasteiger partial charge in [-0.2, -0.15) is 0 Å². The molecule has 0 aromatic heterocycles. The summed E-state index contributed by atoms with van der Waals surface area (Å²) in [6, 6.07) is 29.6. The number of rotatable bonds is 11. The van der Waals surface area contributed by atoms with Crippen LogP contribution in [0.5, 0.6) is 0 Å². The Morgan fingerprint density at radius 1 is 0.805 bits per heavy atom. The minimum Gasteiger partial charge on any atom is -0.357 e. The standard InChI is InChI=1S/C31H29Cl2N3O4S/c1-34-31(38)29(20-23-11-4-2-5-12-23)35(21-24-13-10-14-25(32)19-24)30(37)22-36(28-18-9-8-17-27(28)33)41(39,40)26-15-6-3-7-16-26/h2-19,29H,20-22H2,1H3,(H,34,38)/t29-/m1/s1. The van der Waals surface area contributed by atoms with Gasteiger partial charge in [0.15, 0.2) is 0 Å². The van der Waals surface area contributed by atoms with E-state index >= 15 is 0 Å². The molecule has 4 rings (SSSR count). The Kier molecular flexibility index (Phi) is 10.0. The van der Waals surface area contributed by atoms with Gasteiger partial charge in [0.1, 0.15) is 12.6 Å². The van der Waals surface area contributed by atoms with E-state index in [0.29, 0.717) is 10.6 Å². The molecule has 7 nitrogen and oxygen atoms in total. The van der Waals surface area contributed by atoms with Crippen LogP contribution in [0.2, 0.25) is 10.0 Å². The van der Waals surface area contributed by atoms with Crippen molar-refractivity contribution in [3.05, 3.63) is 130 Å². The Labute approximate surface area is 250 Å². The summed E-state index contributed by atoms with van der Waals surface area (Å²) in [7, 11) is -2.72. The van der Waals surface area contributed by atoms with E-state index in [1.165, 1.54) is 30.1 Å². The number of benzene rings is 4. The van der Waals surface area contributed by atoms with Crippen molar-refractivity contribution in [1.82, 2.24) is 10.2 Å². The summed E-state index contributed by atoms with van der Waals surface area (Å²) >= 11 is 12.7. The minimum absolute atomic E-state index is 0.00116. The van der Waals surface area contributed by atoms with E-state index in [1.54, 1.807) is 60.7 Å². The molecular formula is C31H29Cl2N3O4S. The van der Waals surface area contributed by atoms with Gasteiger partial charge in [-0.15, -0.1) is 0 Å². The molecule has 0 spiro atoms. The first-order valence-electron chi connectivity index (χ1n) is 12.8. The molecule has 0 aliphatic rings. The lowest BCUT2D eigenvalue weighted by molar-refractivity contribution is -0.139. The third kappa shape index (κ3) is 7.47. The van der Waals surface area contributed by atoms with Gasteiger partial charge < -0.3 is 10.2 Å². The van der Waals surface area contributed by atoms with E-state index in [0.717, 1.165) is 9.87 Å². The van der Waals surface area contributed by atoms with Gasteiger partial charge in [0.2, 0.25) is 11.8 Å². The lowest BCUT2D eigenvalue weighted by Crippen LogP contribution is -2.53. The monoisotopic (exact) mass is 609 g/mol. The number of likely N-dealkylation sites (N-methyl/N-ethyl adjacent to an activating group) is 1. The zero-order chi connectivity index (χ0) is 29.4. The van der Waals surface area contributed by atoms with Crippen LogP contribution in [0.15, 0.2) is 114 Å².